The summed E-state index contributed by atoms with van der Waals surface area (Å²) >= 11 is 0. The van der Waals surface area contributed by atoms with Crippen LogP contribution in [0.2, 0.25) is 0 Å². The highest BCUT2D eigenvalue weighted by atomic mass is 32.2. The molecule has 1 saturated heterocycles. The van der Waals surface area contributed by atoms with Crippen LogP contribution in [0.1, 0.15) is 31.7 Å². The molecule has 1 aliphatic heterocycles. The molecule has 31 heavy (non-hydrogen) atoms. The molecule has 0 unspecified atom stereocenters. The van der Waals surface area contributed by atoms with Crippen molar-refractivity contribution in [3.8, 4) is 5.75 Å². The van der Waals surface area contributed by atoms with Crippen LogP contribution >= 0.6 is 0 Å². The molecule has 8 heteroatoms. The van der Waals surface area contributed by atoms with Gasteiger partial charge in [-0.3, -0.25) is 0 Å². The van der Waals surface area contributed by atoms with Crippen molar-refractivity contribution in [3.63, 3.8) is 0 Å². The molecular weight excluding hydrogens is 416 g/mol. The van der Waals surface area contributed by atoms with Crippen molar-refractivity contribution in [2.75, 3.05) is 32.8 Å². The first kappa shape index (κ1) is 23.1. The van der Waals surface area contributed by atoms with Gasteiger partial charge < -0.3 is 14.4 Å². The van der Waals surface area contributed by atoms with Gasteiger partial charge in [-0.25, -0.2) is 13.2 Å². The van der Waals surface area contributed by atoms with Gasteiger partial charge in [0, 0.05) is 26.2 Å². The first-order chi connectivity index (χ1) is 15.0. The zero-order chi connectivity index (χ0) is 22.1. The third-order valence-corrected chi connectivity index (χ3v) is 7.06. The number of carbonyl (C=O) groups is 1. The number of sulfonamides is 1. The van der Waals surface area contributed by atoms with Gasteiger partial charge in [-0.1, -0.05) is 43.7 Å². The first-order valence-corrected chi connectivity index (χ1v) is 12.1. The van der Waals surface area contributed by atoms with Gasteiger partial charge in [0.2, 0.25) is 10.0 Å². The van der Waals surface area contributed by atoms with Crippen LogP contribution < -0.4 is 4.74 Å². The van der Waals surface area contributed by atoms with E-state index >= 15 is 0 Å². The second-order valence-electron chi connectivity index (χ2n) is 7.46. The third kappa shape index (κ3) is 6.45. The molecule has 0 spiro atoms. The van der Waals surface area contributed by atoms with Crippen molar-refractivity contribution in [2.45, 2.75) is 37.7 Å². The number of nitrogens with zero attached hydrogens (tertiary/aromatic N) is 2. The van der Waals surface area contributed by atoms with E-state index in [1.807, 2.05) is 30.3 Å². The van der Waals surface area contributed by atoms with E-state index < -0.39 is 16.1 Å². The summed E-state index contributed by atoms with van der Waals surface area (Å²) in [7, 11) is -3.63. The molecule has 0 aromatic heterocycles. The fourth-order valence-electron chi connectivity index (χ4n) is 3.32. The van der Waals surface area contributed by atoms with Gasteiger partial charge in [-0.15, -0.1) is 0 Å². The number of hydrogen-bond donors (Lipinski definition) is 0. The number of rotatable bonds is 8. The molecule has 168 valence electrons. The van der Waals surface area contributed by atoms with Crippen molar-refractivity contribution >= 4 is 16.1 Å². The van der Waals surface area contributed by atoms with Gasteiger partial charge in [0.25, 0.3) is 0 Å². The van der Waals surface area contributed by atoms with Gasteiger partial charge in [0.15, 0.2) is 0 Å². The minimum absolute atomic E-state index is 0.199. The lowest BCUT2D eigenvalue weighted by Gasteiger charge is -2.21. The van der Waals surface area contributed by atoms with E-state index in [-0.39, 0.29) is 18.0 Å². The Labute approximate surface area is 184 Å². The van der Waals surface area contributed by atoms with Gasteiger partial charge in [-0.05, 0) is 42.7 Å². The van der Waals surface area contributed by atoms with E-state index in [1.165, 1.54) is 4.31 Å². The summed E-state index contributed by atoms with van der Waals surface area (Å²) in [4.78, 5) is 14.2. The summed E-state index contributed by atoms with van der Waals surface area (Å²) in [5, 5.41) is 0. The van der Waals surface area contributed by atoms with E-state index in [1.54, 1.807) is 29.2 Å². The lowest BCUT2D eigenvalue weighted by Crippen LogP contribution is -2.37. The molecule has 0 aliphatic carbocycles. The molecule has 0 N–H and O–H groups in total. The smallest absolute Gasteiger partial charge is 0.410 e. The fraction of sp³-hybridized carbons (Fsp3) is 0.435. The van der Waals surface area contributed by atoms with Crippen molar-refractivity contribution in [1.82, 2.24) is 9.21 Å². The molecular formula is C23H30N2O5S. The summed E-state index contributed by atoms with van der Waals surface area (Å²) in [6, 6.07) is 16.0. The summed E-state index contributed by atoms with van der Waals surface area (Å²) in [6.45, 7) is 4.26. The lowest BCUT2D eigenvalue weighted by atomic mass is 10.2. The highest BCUT2D eigenvalue weighted by Crippen LogP contribution is 2.21. The number of amides is 1. The Morgan fingerprint density at radius 3 is 2.42 bits per heavy atom. The van der Waals surface area contributed by atoms with Crippen LogP contribution in [-0.4, -0.2) is 56.5 Å². The van der Waals surface area contributed by atoms with Gasteiger partial charge in [0.05, 0.1) is 11.5 Å². The molecule has 1 heterocycles. The number of benzene rings is 2. The van der Waals surface area contributed by atoms with E-state index in [4.69, 9.17) is 9.47 Å². The summed E-state index contributed by atoms with van der Waals surface area (Å²) in [6.07, 6.45) is 2.13. The molecule has 2 aromatic rings. The van der Waals surface area contributed by atoms with Gasteiger partial charge in [0.1, 0.15) is 12.4 Å². The maximum Gasteiger partial charge on any atom is 0.410 e. The van der Waals surface area contributed by atoms with Gasteiger partial charge >= 0.3 is 6.09 Å². The Bertz CT molecular complexity index is 932. The maximum absolute atomic E-state index is 13.0. The summed E-state index contributed by atoms with van der Waals surface area (Å²) in [5.41, 5.74) is 0.914. The Balaban J connectivity index is 1.55. The predicted octanol–water partition coefficient (Wildman–Crippen LogP) is 3.90. The molecule has 7 nitrogen and oxygen atoms in total. The number of ether oxygens (including phenoxy) is 2. The van der Waals surface area contributed by atoms with Crippen molar-refractivity contribution in [1.29, 1.82) is 0 Å². The third-order valence-electron chi connectivity index (χ3n) is 5.15. The van der Waals surface area contributed by atoms with Crippen LogP contribution in [0, 0.1) is 0 Å². The SMILES string of the molecule is CCCCOc1ccc(S(=O)(=O)N2CCCN(C(=O)OCc3ccccc3)CC2)cc1. The number of unbranched alkanes of at least 4 members (excludes halogenated alkanes) is 1. The maximum atomic E-state index is 13.0. The fourth-order valence-corrected chi connectivity index (χ4v) is 4.79. The van der Waals surface area contributed by atoms with Crippen molar-refractivity contribution < 1.29 is 22.7 Å². The van der Waals surface area contributed by atoms with E-state index in [9.17, 15) is 13.2 Å². The molecule has 0 saturated carbocycles. The van der Waals surface area contributed by atoms with Gasteiger partial charge in [-0.2, -0.15) is 4.31 Å². The van der Waals surface area contributed by atoms with Crippen LogP contribution in [-0.2, 0) is 21.4 Å². The standard InChI is InChI=1S/C23H30N2O5S/c1-2-3-18-29-21-10-12-22(13-11-21)31(27,28)25-15-7-14-24(16-17-25)23(26)30-19-20-8-5-4-6-9-20/h4-6,8-13H,2-3,7,14-19H2,1H3. The van der Waals surface area contributed by atoms with Crippen LogP contribution in [0.4, 0.5) is 4.79 Å². The Morgan fingerprint density at radius 2 is 1.71 bits per heavy atom. The lowest BCUT2D eigenvalue weighted by molar-refractivity contribution is 0.0980. The zero-order valence-corrected chi connectivity index (χ0v) is 18.7. The summed E-state index contributed by atoms with van der Waals surface area (Å²) in [5.74, 6) is 0.663. The predicted molar refractivity (Wildman–Crippen MR) is 118 cm³/mol. The molecule has 3 rings (SSSR count). The summed E-state index contributed by atoms with van der Waals surface area (Å²) < 4.78 is 38.5. The monoisotopic (exact) mass is 446 g/mol. The first-order valence-electron chi connectivity index (χ1n) is 10.7. The van der Waals surface area contributed by atoms with Crippen LogP contribution in [0.25, 0.3) is 0 Å². The van der Waals surface area contributed by atoms with Crippen LogP contribution in [0.3, 0.4) is 0 Å². The number of carbonyl (C=O) groups excluding carboxylic acids is 1. The van der Waals surface area contributed by atoms with E-state index in [0.717, 1.165) is 18.4 Å². The molecule has 0 radical (unpaired) electrons. The second-order valence-corrected chi connectivity index (χ2v) is 9.40. The highest BCUT2D eigenvalue weighted by molar-refractivity contribution is 7.89. The molecule has 0 atom stereocenters. The Hall–Kier alpha value is -2.58. The van der Waals surface area contributed by atoms with Crippen LogP contribution in [0.5, 0.6) is 5.75 Å². The number of hydrogen-bond acceptors (Lipinski definition) is 5. The normalized spacial score (nSPS) is 15.3. The van der Waals surface area contributed by atoms with E-state index in [0.29, 0.717) is 38.4 Å². The highest BCUT2D eigenvalue weighted by Gasteiger charge is 2.28. The largest absolute Gasteiger partial charge is 0.494 e. The minimum Gasteiger partial charge on any atom is -0.494 e. The topological polar surface area (TPSA) is 76.2 Å². The van der Waals surface area contributed by atoms with Crippen LogP contribution in [0.15, 0.2) is 59.5 Å². The molecule has 2 aromatic carbocycles. The second kappa shape index (κ2) is 11.2. The zero-order valence-electron chi connectivity index (χ0n) is 17.9. The van der Waals surface area contributed by atoms with E-state index in [2.05, 4.69) is 6.92 Å². The Kier molecular flexibility index (Phi) is 8.31. The molecule has 1 amide bonds. The Morgan fingerprint density at radius 1 is 0.968 bits per heavy atom. The quantitative estimate of drug-likeness (QED) is 0.575. The average molecular weight is 447 g/mol. The molecule has 1 aliphatic rings. The average Bonchev–Trinajstić information content (AvgIpc) is 3.06. The molecule has 1 fully saturated rings. The minimum atomic E-state index is -3.63. The molecule has 0 bridgehead atoms. The van der Waals surface area contributed by atoms with Crippen molar-refractivity contribution in [3.05, 3.63) is 60.2 Å². The van der Waals surface area contributed by atoms with Crippen molar-refractivity contribution in [2.24, 2.45) is 0 Å².